The SMILES string of the molecule is COc1cc(CO)ccc1S(=O)(=O)N(C)CC1CCCO1. The Morgan fingerprint density at radius 3 is 2.81 bits per heavy atom. The van der Waals surface area contributed by atoms with E-state index in [1.54, 1.807) is 6.07 Å². The van der Waals surface area contributed by atoms with E-state index in [0.29, 0.717) is 18.7 Å². The van der Waals surface area contributed by atoms with Gasteiger partial charge in [0, 0.05) is 20.2 Å². The van der Waals surface area contributed by atoms with Gasteiger partial charge in [0.2, 0.25) is 10.0 Å². The van der Waals surface area contributed by atoms with E-state index in [2.05, 4.69) is 0 Å². The van der Waals surface area contributed by atoms with Crippen molar-refractivity contribution in [3.05, 3.63) is 23.8 Å². The number of ether oxygens (including phenoxy) is 2. The Kier molecular flexibility index (Phi) is 5.21. The first-order chi connectivity index (χ1) is 9.98. The molecule has 0 saturated carbocycles. The van der Waals surface area contributed by atoms with Gasteiger partial charge in [0.15, 0.2) is 0 Å². The predicted octanol–water partition coefficient (Wildman–Crippen LogP) is 0.987. The van der Waals surface area contributed by atoms with Crippen LogP contribution in [0, 0.1) is 0 Å². The lowest BCUT2D eigenvalue weighted by atomic mass is 10.2. The number of benzene rings is 1. The highest BCUT2D eigenvalue weighted by Crippen LogP contribution is 2.28. The van der Waals surface area contributed by atoms with Gasteiger partial charge in [-0.25, -0.2) is 8.42 Å². The van der Waals surface area contributed by atoms with E-state index in [0.717, 1.165) is 12.8 Å². The van der Waals surface area contributed by atoms with Crippen LogP contribution in [0.25, 0.3) is 0 Å². The maximum atomic E-state index is 12.6. The van der Waals surface area contributed by atoms with E-state index in [9.17, 15) is 8.42 Å². The summed E-state index contributed by atoms with van der Waals surface area (Å²) in [6.07, 6.45) is 1.79. The summed E-state index contributed by atoms with van der Waals surface area (Å²) in [4.78, 5) is 0.0997. The van der Waals surface area contributed by atoms with Crippen LogP contribution in [0.5, 0.6) is 5.75 Å². The molecule has 1 fully saturated rings. The van der Waals surface area contributed by atoms with Crippen molar-refractivity contribution in [3.8, 4) is 5.75 Å². The molecule has 1 aliphatic heterocycles. The molecule has 0 aromatic heterocycles. The zero-order chi connectivity index (χ0) is 15.5. The van der Waals surface area contributed by atoms with Crippen molar-refractivity contribution in [1.82, 2.24) is 4.31 Å². The molecule has 1 atom stereocenters. The second-order valence-corrected chi connectivity index (χ2v) is 7.08. The van der Waals surface area contributed by atoms with Crippen LogP contribution in [-0.4, -0.2) is 51.2 Å². The highest BCUT2D eigenvalue weighted by molar-refractivity contribution is 7.89. The standard InChI is InChI=1S/C14H21NO5S/c1-15(9-12-4-3-7-20-12)21(17,18)14-6-5-11(10-16)8-13(14)19-2/h5-6,8,12,16H,3-4,7,9-10H2,1-2H3. The average molecular weight is 315 g/mol. The van der Waals surface area contributed by atoms with Gasteiger partial charge in [-0.1, -0.05) is 6.07 Å². The third-order valence-corrected chi connectivity index (χ3v) is 5.45. The molecule has 1 N–H and O–H groups in total. The quantitative estimate of drug-likeness (QED) is 0.847. The number of hydrogen-bond donors (Lipinski definition) is 1. The average Bonchev–Trinajstić information content (AvgIpc) is 2.99. The zero-order valence-corrected chi connectivity index (χ0v) is 13.1. The molecular formula is C14H21NO5S. The molecule has 1 aromatic rings. The van der Waals surface area contributed by atoms with Crippen molar-refractivity contribution in [2.24, 2.45) is 0 Å². The molecule has 0 spiro atoms. The van der Waals surface area contributed by atoms with Crippen LogP contribution in [0.15, 0.2) is 23.1 Å². The summed E-state index contributed by atoms with van der Waals surface area (Å²) in [7, 11) is -0.697. The number of sulfonamides is 1. The number of aliphatic hydroxyl groups is 1. The van der Waals surface area contributed by atoms with Crippen LogP contribution in [0.1, 0.15) is 18.4 Å². The fourth-order valence-electron chi connectivity index (χ4n) is 2.36. The first-order valence-electron chi connectivity index (χ1n) is 6.84. The molecule has 0 amide bonds. The summed E-state index contributed by atoms with van der Waals surface area (Å²) >= 11 is 0. The molecule has 21 heavy (non-hydrogen) atoms. The monoisotopic (exact) mass is 315 g/mol. The van der Waals surface area contributed by atoms with E-state index in [4.69, 9.17) is 14.6 Å². The Bertz CT molecular complexity index is 581. The molecule has 0 aliphatic carbocycles. The molecule has 1 aromatic carbocycles. The maximum absolute atomic E-state index is 12.6. The number of methoxy groups -OCH3 is 1. The second-order valence-electron chi connectivity index (χ2n) is 5.06. The number of aliphatic hydroxyl groups excluding tert-OH is 1. The Labute approximate surface area is 125 Å². The minimum Gasteiger partial charge on any atom is -0.495 e. The van der Waals surface area contributed by atoms with Gasteiger partial charge in [0.1, 0.15) is 10.6 Å². The molecule has 6 nitrogen and oxygen atoms in total. The zero-order valence-electron chi connectivity index (χ0n) is 12.3. The maximum Gasteiger partial charge on any atom is 0.246 e. The molecule has 1 heterocycles. The van der Waals surface area contributed by atoms with Gasteiger partial charge < -0.3 is 14.6 Å². The first-order valence-corrected chi connectivity index (χ1v) is 8.28. The lowest BCUT2D eigenvalue weighted by molar-refractivity contribution is 0.0978. The highest BCUT2D eigenvalue weighted by Gasteiger charge is 2.28. The van der Waals surface area contributed by atoms with Crippen molar-refractivity contribution in [3.63, 3.8) is 0 Å². The van der Waals surface area contributed by atoms with Crippen LogP contribution in [0.4, 0.5) is 0 Å². The predicted molar refractivity (Wildman–Crippen MR) is 77.7 cm³/mol. The summed E-state index contributed by atoms with van der Waals surface area (Å²) in [6.45, 7) is 0.850. The first kappa shape index (κ1) is 16.2. The van der Waals surface area contributed by atoms with Crippen molar-refractivity contribution >= 4 is 10.0 Å². The fraction of sp³-hybridized carbons (Fsp3) is 0.571. The largest absolute Gasteiger partial charge is 0.495 e. The summed E-state index contributed by atoms with van der Waals surface area (Å²) in [5.41, 5.74) is 0.604. The Hall–Kier alpha value is -1.15. The van der Waals surface area contributed by atoms with E-state index in [1.165, 1.54) is 30.6 Å². The molecule has 118 valence electrons. The van der Waals surface area contributed by atoms with Gasteiger partial charge in [-0.3, -0.25) is 0 Å². The van der Waals surface area contributed by atoms with Gasteiger partial charge in [-0.15, -0.1) is 0 Å². The van der Waals surface area contributed by atoms with Crippen molar-refractivity contribution in [2.45, 2.75) is 30.4 Å². The van der Waals surface area contributed by atoms with E-state index in [1.807, 2.05) is 0 Å². The van der Waals surface area contributed by atoms with Gasteiger partial charge in [-0.05, 0) is 30.5 Å². The van der Waals surface area contributed by atoms with Crippen LogP contribution in [-0.2, 0) is 21.4 Å². The van der Waals surface area contributed by atoms with Crippen LogP contribution in [0.3, 0.4) is 0 Å². The number of nitrogens with zero attached hydrogens (tertiary/aromatic N) is 1. The Morgan fingerprint density at radius 1 is 1.48 bits per heavy atom. The summed E-state index contributed by atoms with van der Waals surface area (Å²) < 4.78 is 37.2. The summed E-state index contributed by atoms with van der Waals surface area (Å²) in [6, 6.07) is 4.58. The summed E-state index contributed by atoms with van der Waals surface area (Å²) in [5, 5.41) is 9.12. The van der Waals surface area contributed by atoms with Crippen LogP contribution in [0.2, 0.25) is 0 Å². The number of likely N-dealkylation sites (N-methyl/N-ethyl adjacent to an activating group) is 1. The molecular weight excluding hydrogens is 294 g/mol. The fourth-order valence-corrected chi connectivity index (χ4v) is 3.70. The molecule has 0 radical (unpaired) electrons. The Balaban J connectivity index is 2.25. The van der Waals surface area contributed by atoms with Crippen molar-refractivity contribution in [2.75, 3.05) is 27.3 Å². The minimum absolute atomic E-state index is 0.0486. The molecule has 1 aliphatic rings. The summed E-state index contributed by atoms with van der Waals surface area (Å²) in [5.74, 6) is 0.237. The third-order valence-electron chi connectivity index (χ3n) is 3.58. The molecule has 2 rings (SSSR count). The Morgan fingerprint density at radius 2 is 2.24 bits per heavy atom. The smallest absolute Gasteiger partial charge is 0.246 e. The molecule has 1 saturated heterocycles. The van der Waals surface area contributed by atoms with Crippen molar-refractivity contribution < 1.29 is 23.0 Å². The third kappa shape index (κ3) is 3.55. The van der Waals surface area contributed by atoms with Crippen LogP contribution >= 0.6 is 0 Å². The minimum atomic E-state index is -3.65. The highest BCUT2D eigenvalue weighted by atomic mass is 32.2. The molecule has 7 heteroatoms. The number of rotatable bonds is 6. The molecule has 1 unspecified atom stereocenters. The number of hydrogen-bond acceptors (Lipinski definition) is 5. The lowest BCUT2D eigenvalue weighted by Gasteiger charge is -2.21. The van der Waals surface area contributed by atoms with E-state index in [-0.39, 0.29) is 23.4 Å². The molecule has 0 bridgehead atoms. The van der Waals surface area contributed by atoms with Crippen molar-refractivity contribution in [1.29, 1.82) is 0 Å². The van der Waals surface area contributed by atoms with Gasteiger partial charge in [0.25, 0.3) is 0 Å². The van der Waals surface area contributed by atoms with Gasteiger partial charge >= 0.3 is 0 Å². The normalized spacial score (nSPS) is 19.1. The lowest BCUT2D eigenvalue weighted by Crippen LogP contribution is -2.34. The van der Waals surface area contributed by atoms with Crippen LogP contribution < -0.4 is 4.74 Å². The van der Waals surface area contributed by atoms with E-state index < -0.39 is 10.0 Å². The topological polar surface area (TPSA) is 76.1 Å². The van der Waals surface area contributed by atoms with E-state index >= 15 is 0 Å². The van der Waals surface area contributed by atoms with Gasteiger partial charge in [0.05, 0.1) is 19.8 Å². The second kappa shape index (κ2) is 6.74. The van der Waals surface area contributed by atoms with Gasteiger partial charge in [-0.2, -0.15) is 4.31 Å².